The summed E-state index contributed by atoms with van der Waals surface area (Å²) in [6, 6.07) is 0. The van der Waals surface area contributed by atoms with E-state index in [0.717, 1.165) is 24.8 Å². The molecule has 1 atom stereocenters. The summed E-state index contributed by atoms with van der Waals surface area (Å²) in [6.45, 7) is 8.35. The fourth-order valence-electron chi connectivity index (χ4n) is 1.95. The number of ketones is 1. The van der Waals surface area contributed by atoms with Crippen LogP contribution in [0.2, 0.25) is 0 Å². The summed E-state index contributed by atoms with van der Waals surface area (Å²) >= 11 is 0. The van der Waals surface area contributed by atoms with E-state index in [0.29, 0.717) is 6.61 Å². The third kappa shape index (κ3) is 3.34. The van der Waals surface area contributed by atoms with Crippen LogP contribution in [0.1, 0.15) is 47.0 Å². The molecule has 0 bridgehead atoms. The number of ether oxygens (including phenoxy) is 2. The van der Waals surface area contributed by atoms with Gasteiger partial charge in [-0.15, -0.1) is 0 Å². The average molecular weight is 226 g/mol. The van der Waals surface area contributed by atoms with Crippen LogP contribution < -0.4 is 0 Å². The Bertz CT molecular complexity index is 279. The van der Waals surface area contributed by atoms with E-state index in [9.17, 15) is 4.79 Å². The van der Waals surface area contributed by atoms with Crippen LogP contribution >= 0.6 is 0 Å². The van der Waals surface area contributed by atoms with E-state index in [1.54, 1.807) is 6.26 Å². The zero-order chi connectivity index (χ0) is 12.2. The molecular weight excluding hydrogens is 204 g/mol. The zero-order valence-corrected chi connectivity index (χ0v) is 10.7. The van der Waals surface area contributed by atoms with Gasteiger partial charge in [0.15, 0.2) is 12.1 Å². The van der Waals surface area contributed by atoms with Crippen LogP contribution in [0.4, 0.5) is 0 Å². The van der Waals surface area contributed by atoms with Gasteiger partial charge in [0.2, 0.25) is 0 Å². The summed E-state index contributed by atoms with van der Waals surface area (Å²) < 4.78 is 10.6. The summed E-state index contributed by atoms with van der Waals surface area (Å²) in [6.07, 6.45) is 4.14. The van der Waals surface area contributed by atoms with E-state index in [4.69, 9.17) is 9.47 Å². The normalized spacial score (nSPS) is 24.5. The van der Waals surface area contributed by atoms with Gasteiger partial charge >= 0.3 is 0 Å². The second-order valence-corrected chi connectivity index (χ2v) is 4.87. The minimum Gasteiger partial charge on any atom is -0.472 e. The molecule has 1 aliphatic carbocycles. The quantitative estimate of drug-likeness (QED) is 0.420. The van der Waals surface area contributed by atoms with Crippen LogP contribution in [0.25, 0.3) is 0 Å². The molecular formula is C13H22O3. The number of Topliss-reactive ketones (excluding diaryl/α,β-unsaturated/α-hetero) is 1. The van der Waals surface area contributed by atoms with Gasteiger partial charge in [0.25, 0.3) is 0 Å². The van der Waals surface area contributed by atoms with E-state index < -0.39 is 0 Å². The monoisotopic (exact) mass is 226 g/mol. The van der Waals surface area contributed by atoms with Gasteiger partial charge in [-0.25, -0.2) is 0 Å². The van der Waals surface area contributed by atoms with Gasteiger partial charge in [-0.05, 0) is 33.1 Å². The van der Waals surface area contributed by atoms with E-state index >= 15 is 0 Å². The van der Waals surface area contributed by atoms with Crippen LogP contribution in [-0.2, 0) is 14.3 Å². The average Bonchev–Trinajstić information content (AvgIpc) is 2.21. The summed E-state index contributed by atoms with van der Waals surface area (Å²) in [5, 5.41) is 0. The fourth-order valence-corrected chi connectivity index (χ4v) is 1.95. The Hall–Kier alpha value is -0.830. The van der Waals surface area contributed by atoms with Crippen molar-refractivity contribution >= 4 is 5.78 Å². The van der Waals surface area contributed by atoms with E-state index in [2.05, 4.69) is 0 Å². The second kappa shape index (κ2) is 5.48. The Labute approximate surface area is 97.8 Å². The Morgan fingerprint density at radius 1 is 1.50 bits per heavy atom. The largest absolute Gasteiger partial charge is 0.472 e. The van der Waals surface area contributed by atoms with Crippen LogP contribution in [0.15, 0.2) is 11.8 Å². The molecule has 0 saturated heterocycles. The molecule has 1 aliphatic rings. The molecule has 1 fully saturated rings. The minimum absolute atomic E-state index is 0.211. The lowest BCUT2D eigenvalue weighted by Crippen LogP contribution is -2.30. The molecule has 0 aromatic carbocycles. The highest BCUT2D eigenvalue weighted by Gasteiger charge is 2.33. The van der Waals surface area contributed by atoms with Crippen LogP contribution in [-0.4, -0.2) is 18.7 Å². The first-order chi connectivity index (χ1) is 7.47. The predicted molar refractivity (Wildman–Crippen MR) is 62.9 cm³/mol. The maximum atomic E-state index is 12.0. The highest BCUT2D eigenvalue weighted by atomic mass is 16.7. The molecule has 0 radical (unpaired) electrons. The molecule has 1 rings (SSSR count). The Morgan fingerprint density at radius 3 is 2.81 bits per heavy atom. The van der Waals surface area contributed by atoms with Crippen molar-refractivity contribution < 1.29 is 14.3 Å². The molecule has 0 aliphatic heterocycles. The van der Waals surface area contributed by atoms with Crippen LogP contribution in [0.5, 0.6) is 0 Å². The third-order valence-electron chi connectivity index (χ3n) is 2.96. The van der Waals surface area contributed by atoms with Gasteiger partial charge in [0.05, 0.1) is 6.26 Å². The smallest absolute Gasteiger partial charge is 0.196 e. The number of carbonyl (C=O) groups excluding carboxylic acids is 1. The molecule has 16 heavy (non-hydrogen) atoms. The molecule has 0 spiro atoms. The maximum absolute atomic E-state index is 12.0. The molecule has 3 heteroatoms. The molecule has 0 N–H and O–H groups in total. The Morgan fingerprint density at radius 2 is 2.19 bits per heavy atom. The highest BCUT2D eigenvalue weighted by Crippen LogP contribution is 2.34. The summed E-state index contributed by atoms with van der Waals surface area (Å²) in [5.41, 5.74) is 0.560. The van der Waals surface area contributed by atoms with Crippen molar-refractivity contribution in [3.05, 3.63) is 11.8 Å². The Kier molecular flexibility index (Phi) is 4.54. The lowest BCUT2D eigenvalue weighted by atomic mass is 9.74. The van der Waals surface area contributed by atoms with E-state index in [1.165, 1.54) is 0 Å². The van der Waals surface area contributed by atoms with Gasteiger partial charge in [0, 0.05) is 17.6 Å². The van der Waals surface area contributed by atoms with Crippen LogP contribution in [0, 0.1) is 5.41 Å². The lowest BCUT2D eigenvalue weighted by Gasteiger charge is -2.29. The number of hydrogen-bond donors (Lipinski definition) is 0. The highest BCUT2D eigenvalue weighted by molar-refractivity contribution is 5.99. The number of hydrogen-bond acceptors (Lipinski definition) is 3. The van der Waals surface area contributed by atoms with E-state index in [-0.39, 0.29) is 17.5 Å². The van der Waals surface area contributed by atoms with Gasteiger partial charge in [-0.2, -0.15) is 0 Å². The van der Waals surface area contributed by atoms with Crippen molar-refractivity contribution in [1.82, 2.24) is 0 Å². The second-order valence-electron chi connectivity index (χ2n) is 4.87. The summed E-state index contributed by atoms with van der Waals surface area (Å²) in [4.78, 5) is 12.0. The SMILES string of the molecule is CCOC(C)OC=C1CCCC(C)(C)C1=O. The molecule has 0 amide bonds. The molecule has 1 saturated carbocycles. The predicted octanol–water partition coefficient (Wildman–Crippen LogP) is 3.05. The van der Waals surface area contributed by atoms with Crippen molar-refractivity contribution in [3.8, 4) is 0 Å². The molecule has 0 aromatic rings. The molecule has 0 aromatic heterocycles. The minimum atomic E-state index is -0.282. The first kappa shape index (κ1) is 13.2. The molecule has 3 nitrogen and oxygen atoms in total. The van der Waals surface area contributed by atoms with Crippen molar-refractivity contribution in [2.45, 2.75) is 53.2 Å². The molecule has 92 valence electrons. The lowest BCUT2D eigenvalue weighted by molar-refractivity contribution is -0.125. The third-order valence-corrected chi connectivity index (χ3v) is 2.96. The van der Waals surface area contributed by atoms with Gasteiger partial charge in [0.1, 0.15) is 0 Å². The standard InChI is InChI=1S/C13H22O3/c1-5-15-10(2)16-9-11-7-6-8-13(3,4)12(11)14/h9-10H,5-8H2,1-4H3. The maximum Gasteiger partial charge on any atom is 0.196 e. The number of rotatable bonds is 4. The number of allylic oxidation sites excluding steroid dienone is 1. The van der Waals surface area contributed by atoms with Crippen molar-refractivity contribution in [2.24, 2.45) is 5.41 Å². The van der Waals surface area contributed by atoms with Gasteiger partial charge < -0.3 is 9.47 Å². The molecule has 0 heterocycles. The topological polar surface area (TPSA) is 35.5 Å². The fraction of sp³-hybridized carbons (Fsp3) is 0.769. The summed E-state index contributed by atoms with van der Waals surface area (Å²) in [7, 11) is 0. The van der Waals surface area contributed by atoms with Gasteiger partial charge in [-0.3, -0.25) is 4.79 Å². The molecule has 1 unspecified atom stereocenters. The van der Waals surface area contributed by atoms with Crippen molar-refractivity contribution in [3.63, 3.8) is 0 Å². The zero-order valence-electron chi connectivity index (χ0n) is 10.7. The van der Waals surface area contributed by atoms with Crippen LogP contribution in [0.3, 0.4) is 0 Å². The van der Waals surface area contributed by atoms with Crippen molar-refractivity contribution in [1.29, 1.82) is 0 Å². The summed E-state index contributed by atoms with van der Waals surface area (Å²) in [5.74, 6) is 0.211. The first-order valence-electron chi connectivity index (χ1n) is 5.98. The first-order valence-corrected chi connectivity index (χ1v) is 5.98. The number of carbonyl (C=O) groups is 1. The van der Waals surface area contributed by atoms with Crippen molar-refractivity contribution in [2.75, 3.05) is 6.61 Å². The Balaban J connectivity index is 2.58. The van der Waals surface area contributed by atoms with Gasteiger partial charge in [-0.1, -0.05) is 13.8 Å². The van der Waals surface area contributed by atoms with E-state index in [1.807, 2.05) is 27.7 Å².